The van der Waals surface area contributed by atoms with Crippen LogP contribution in [0, 0.1) is 5.92 Å². The monoisotopic (exact) mass is 275 g/mol. The Morgan fingerprint density at radius 1 is 1.47 bits per heavy atom. The molecule has 0 radical (unpaired) electrons. The van der Waals surface area contributed by atoms with Gasteiger partial charge in [0.2, 0.25) is 5.91 Å². The quantitative estimate of drug-likeness (QED) is 0.570. The number of halogens is 1. The normalized spacial score (nSPS) is 26.7. The zero-order chi connectivity index (χ0) is 11.3. The van der Waals surface area contributed by atoms with Crippen LogP contribution < -0.4 is 0 Å². The van der Waals surface area contributed by atoms with Crippen molar-refractivity contribution in [3.05, 3.63) is 0 Å². The van der Waals surface area contributed by atoms with E-state index in [0.29, 0.717) is 16.7 Å². The maximum atomic E-state index is 11.8. The number of likely N-dealkylation sites (tertiary alicyclic amines) is 1. The second-order valence-electron chi connectivity index (χ2n) is 4.58. The van der Waals surface area contributed by atoms with Crippen molar-refractivity contribution in [3.8, 4) is 0 Å². The van der Waals surface area contributed by atoms with Gasteiger partial charge in [0.1, 0.15) is 0 Å². The van der Waals surface area contributed by atoms with E-state index in [-0.39, 0.29) is 0 Å². The van der Waals surface area contributed by atoms with E-state index >= 15 is 0 Å². The molecule has 2 atom stereocenters. The van der Waals surface area contributed by atoms with Crippen LogP contribution in [0.5, 0.6) is 0 Å². The van der Waals surface area contributed by atoms with Crippen LogP contribution in [0.2, 0.25) is 0 Å². The molecule has 1 rings (SSSR count). The highest BCUT2D eigenvalue weighted by Crippen LogP contribution is 2.23. The Bertz CT molecular complexity index is 208. The van der Waals surface area contributed by atoms with Crippen LogP contribution in [0.3, 0.4) is 0 Å². The van der Waals surface area contributed by atoms with Gasteiger partial charge in [0.25, 0.3) is 0 Å². The van der Waals surface area contributed by atoms with Crippen LogP contribution in [0.1, 0.15) is 46.0 Å². The number of hydrogen-bond acceptors (Lipinski definition) is 1. The van der Waals surface area contributed by atoms with Gasteiger partial charge in [0, 0.05) is 24.3 Å². The smallest absolute Gasteiger partial charge is 0.222 e. The fourth-order valence-corrected chi connectivity index (χ4v) is 2.40. The van der Waals surface area contributed by atoms with Crippen LogP contribution in [0.4, 0.5) is 0 Å². The fraction of sp³-hybridized carbons (Fsp3) is 0.917. The second kappa shape index (κ2) is 6.51. The van der Waals surface area contributed by atoms with Crippen LogP contribution in [0.15, 0.2) is 0 Å². The van der Waals surface area contributed by atoms with E-state index in [2.05, 4.69) is 29.8 Å². The third-order valence-corrected chi connectivity index (χ3v) is 4.51. The van der Waals surface area contributed by atoms with E-state index in [1.807, 2.05) is 4.90 Å². The van der Waals surface area contributed by atoms with Crippen molar-refractivity contribution in [2.45, 2.75) is 50.8 Å². The molecule has 0 aliphatic carbocycles. The maximum Gasteiger partial charge on any atom is 0.222 e. The summed E-state index contributed by atoms with van der Waals surface area (Å²) < 4.78 is 0. The third-order valence-electron chi connectivity index (χ3n) is 3.15. The van der Waals surface area contributed by atoms with Gasteiger partial charge in [-0.2, -0.15) is 0 Å². The first-order valence-electron chi connectivity index (χ1n) is 6.07. The van der Waals surface area contributed by atoms with Gasteiger partial charge in [0.05, 0.1) is 0 Å². The molecule has 3 heteroatoms. The summed E-state index contributed by atoms with van der Waals surface area (Å²) in [5, 5.41) is 0. The molecule has 0 bridgehead atoms. The van der Waals surface area contributed by atoms with Crippen molar-refractivity contribution in [2.24, 2.45) is 5.92 Å². The molecule has 1 amide bonds. The molecule has 0 N–H and O–H groups in total. The first-order chi connectivity index (χ1) is 7.15. The number of alkyl halides is 1. The van der Waals surface area contributed by atoms with Crippen molar-refractivity contribution >= 4 is 21.8 Å². The summed E-state index contributed by atoms with van der Waals surface area (Å²) in [5.74, 6) is 0.948. The lowest BCUT2D eigenvalue weighted by Crippen LogP contribution is -2.43. The van der Waals surface area contributed by atoms with Crippen molar-refractivity contribution in [2.75, 3.05) is 13.1 Å². The van der Waals surface area contributed by atoms with Gasteiger partial charge in [0.15, 0.2) is 0 Å². The first-order valence-corrected chi connectivity index (χ1v) is 6.98. The SMILES string of the molecule is CCCCCC(=O)N1CCC(Br)C(C)C1. The summed E-state index contributed by atoms with van der Waals surface area (Å²) in [5.41, 5.74) is 0. The summed E-state index contributed by atoms with van der Waals surface area (Å²) in [6.45, 7) is 6.25. The number of hydrogen-bond donors (Lipinski definition) is 0. The summed E-state index contributed by atoms with van der Waals surface area (Å²) in [4.78, 5) is 14.5. The Balaban J connectivity index is 2.28. The maximum absolute atomic E-state index is 11.8. The molecule has 1 saturated heterocycles. The summed E-state index contributed by atoms with van der Waals surface area (Å²) in [6.07, 6.45) is 5.26. The Kier molecular flexibility index (Phi) is 5.65. The Morgan fingerprint density at radius 2 is 2.20 bits per heavy atom. The molecule has 1 aliphatic rings. The van der Waals surface area contributed by atoms with E-state index in [4.69, 9.17) is 0 Å². The average Bonchev–Trinajstić information content (AvgIpc) is 2.22. The molecule has 2 unspecified atom stereocenters. The number of nitrogens with zero attached hydrogens (tertiary/aromatic N) is 1. The highest BCUT2D eigenvalue weighted by Gasteiger charge is 2.26. The van der Waals surface area contributed by atoms with Crippen LogP contribution >= 0.6 is 15.9 Å². The van der Waals surface area contributed by atoms with Crippen molar-refractivity contribution in [3.63, 3.8) is 0 Å². The van der Waals surface area contributed by atoms with E-state index in [9.17, 15) is 4.79 Å². The molecule has 0 spiro atoms. The molecule has 2 nitrogen and oxygen atoms in total. The van der Waals surface area contributed by atoms with Gasteiger partial charge in [-0.25, -0.2) is 0 Å². The predicted molar refractivity (Wildman–Crippen MR) is 67.2 cm³/mol. The lowest BCUT2D eigenvalue weighted by atomic mass is 9.99. The Labute approximate surface area is 102 Å². The van der Waals surface area contributed by atoms with Crippen molar-refractivity contribution in [1.82, 2.24) is 4.90 Å². The zero-order valence-electron chi connectivity index (χ0n) is 9.84. The highest BCUT2D eigenvalue weighted by molar-refractivity contribution is 9.09. The number of unbranched alkanes of at least 4 members (excludes halogenated alkanes) is 2. The molecule has 1 fully saturated rings. The molecule has 0 aromatic heterocycles. The molecular formula is C12H22BrNO. The van der Waals surface area contributed by atoms with E-state index in [0.717, 1.165) is 32.4 Å². The van der Waals surface area contributed by atoms with Gasteiger partial charge < -0.3 is 4.90 Å². The number of carbonyl (C=O) groups excluding carboxylic acids is 1. The Morgan fingerprint density at radius 3 is 2.80 bits per heavy atom. The minimum absolute atomic E-state index is 0.356. The summed E-state index contributed by atoms with van der Waals surface area (Å²) in [7, 11) is 0. The molecular weight excluding hydrogens is 254 g/mol. The van der Waals surface area contributed by atoms with Crippen molar-refractivity contribution in [1.29, 1.82) is 0 Å². The molecule has 0 saturated carbocycles. The van der Waals surface area contributed by atoms with Gasteiger partial charge in [-0.1, -0.05) is 42.6 Å². The van der Waals surface area contributed by atoms with Crippen LogP contribution in [0.25, 0.3) is 0 Å². The highest BCUT2D eigenvalue weighted by atomic mass is 79.9. The van der Waals surface area contributed by atoms with Crippen LogP contribution in [-0.4, -0.2) is 28.7 Å². The van der Waals surface area contributed by atoms with E-state index in [1.54, 1.807) is 0 Å². The molecule has 1 aliphatic heterocycles. The second-order valence-corrected chi connectivity index (χ2v) is 5.75. The first kappa shape index (κ1) is 13.0. The van der Waals surface area contributed by atoms with Crippen LogP contribution in [-0.2, 0) is 4.79 Å². The lowest BCUT2D eigenvalue weighted by Gasteiger charge is -2.34. The minimum Gasteiger partial charge on any atom is -0.342 e. The molecule has 0 aromatic carbocycles. The van der Waals surface area contributed by atoms with Gasteiger partial charge in [-0.05, 0) is 18.8 Å². The van der Waals surface area contributed by atoms with E-state index in [1.165, 1.54) is 12.8 Å². The summed E-state index contributed by atoms with van der Waals surface area (Å²) in [6, 6.07) is 0. The van der Waals surface area contributed by atoms with Crippen molar-refractivity contribution < 1.29 is 4.79 Å². The molecule has 15 heavy (non-hydrogen) atoms. The molecule has 88 valence electrons. The van der Waals surface area contributed by atoms with Gasteiger partial charge >= 0.3 is 0 Å². The topological polar surface area (TPSA) is 20.3 Å². The standard InChI is InChI=1S/C12H22BrNO/c1-3-4-5-6-12(15)14-8-7-11(13)10(2)9-14/h10-11H,3-9H2,1-2H3. The lowest BCUT2D eigenvalue weighted by molar-refractivity contribution is -0.132. The third kappa shape index (κ3) is 4.13. The van der Waals surface area contributed by atoms with Gasteiger partial charge in [-0.15, -0.1) is 0 Å². The number of rotatable bonds is 4. The van der Waals surface area contributed by atoms with E-state index < -0.39 is 0 Å². The number of carbonyl (C=O) groups is 1. The predicted octanol–water partition coefficient (Wildman–Crippen LogP) is 3.20. The zero-order valence-corrected chi connectivity index (χ0v) is 11.4. The average molecular weight is 276 g/mol. The minimum atomic E-state index is 0.356. The molecule has 0 aromatic rings. The molecule has 1 heterocycles. The largest absolute Gasteiger partial charge is 0.342 e. The number of piperidine rings is 1. The fourth-order valence-electron chi connectivity index (χ4n) is 2.03. The van der Waals surface area contributed by atoms with Gasteiger partial charge in [-0.3, -0.25) is 4.79 Å². The number of amides is 1. The summed E-state index contributed by atoms with van der Waals surface area (Å²) >= 11 is 3.66. The Hall–Kier alpha value is -0.0500.